The summed E-state index contributed by atoms with van der Waals surface area (Å²) in [4.78, 5) is 16.0. The quantitative estimate of drug-likeness (QED) is 0.370. The van der Waals surface area contributed by atoms with Crippen molar-refractivity contribution in [3.05, 3.63) is 70.9 Å². The van der Waals surface area contributed by atoms with E-state index in [1.165, 1.54) is 0 Å². The van der Waals surface area contributed by atoms with Crippen LogP contribution in [0.4, 0.5) is 0 Å². The first-order valence-corrected chi connectivity index (χ1v) is 6.27. The molecule has 0 unspecified atom stereocenters. The van der Waals surface area contributed by atoms with Crippen LogP contribution in [0.5, 0.6) is 0 Å². The number of aromatic amines is 1. The molecule has 0 aliphatic heterocycles. The molecule has 0 saturated heterocycles. The van der Waals surface area contributed by atoms with Gasteiger partial charge in [-0.05, 0) is 29.0 Å². The predicted octanol–water partition coefficient (Wildman–Crippen LogP) is 3.83. The highest BCUT2D eigenvalue weighted by molar-refractivity contribution is 6.09. The zero-order chi connectivity index (χ0) is 12.8. The lowest BCUT2D eigenvalue weighted by atomic mass is 10.0. The molecule has 0 aliphatic carbocycles. The number of fused-ring (bicyclic) bond motifs is 4. The van der Waals surface area contributed by atoms with Gasteiger partial charge in [-0.2, -0.15) is 0 Å². The van der Waals surface area contributed by atoms with Gasteiger partial charge in [0.25, 0.3) is 0 Å². The van der Waals surface area contributed by atoms with Crippen molar-refractivity contribution in [1.29, 1.82) is 0 Å². The number of para-hydroxylation sites is 1. The van der Waals surface area contributed by atoms with Gasteiger partial charge in [0, 0.05) is 10.9 Å². The summed E-state index contributed by atoms with van der Waals surface area (Å²) in [5.41, 5.74) is 1.87. The molecule has 3 aromatic carbocycles. The largest absolute Gasteiger partial charge is 0.354 e. The highest BCUT2D eigenvalue weighted by Crippen LogP contribution is 2.23. The number of rotatable bonds is 0. The fraction of sp³-hybridized carbons (Fsp3) is 0. The molecule has 1 N–H and O–H groups in total. The third-order valence-corrected chi connectivity index (χ3v) is 3.60. The molecule has 0 fully saturated rings. The second kappa shape index (κ2) is 3.69. The summed E-state index contributed by atoms with van der Waals surface area (Å²) in [7, 11) is 0. The van der Waals surface area contributed by atoms with Gasteiger partial charge in [-0.25, -0.2) is 0 Å². The maximum Gasteiger partial charge on any atom is 0.197 e. The van der Waals surface area contributed by atoms with E-state index in [0.29, 0.717) is 0 Å². The summed E-state index contributed by atoms with van der Waals surface area (Å²) in [6, 6.07) is 19.7. The van der Waals surface area contributed by atoms with E-state index in [-0.39, 0.29) is 5.43 Å². The van der Waals surface area contributed by atoms with Crippen molar-refractivity contribution in [2.75, 3.05) is 0 Å². The third kappa shape index (κ3) is 1.40. The van der Waals surface area contributed by atoms with Crippen LogP contribution in [0.15, 0.2) is 65.5 Å². The molecule has 0 atom stereocenters. The molecule has 1 heterocycles. The number of aromatic nitrogens is 1. The second-order valence-corrected chi connectivity index (χ2v) is 4.71. The van der Waals surface area contributed by atoms with Crippen LogP contribution in [0.25, 0.3) is 32.6 Å². The number of nitrogens with one attached hydrogen (secondary N) is 1. The molecule has 19 heavy (non-hydrogen) atoms. The molecule has 0 spiro atoms. The fourth-order valence-electron chi connectivity index (χ4n) is 2.69. The van der Waals surface area contributed by atoms with Crippen LogP contribution in [0.3, 0.4) is 0 Å². The van der Waals surface area contributed by atoms with Crippen LogP contribution in [-0.2, 0) is 0 Å². The molecule has 90 valence electrons. The van der Waals surface area contributed by atoms with E-state index in [2.05, 4.69) is 4.98 Å². The molecular weight excluding hydrogens is 234 g/mol. The molecule has 1 aromatic heterocycles. The van der Waals surface area contributed by atoms with E-state index in [9.17, 15) is 4.79 Å². The molecule has 4 aromatic rings. The SMILES string of the molecule is O=c1c2ccccc2[nH]c2ccc3ccccc3c12. The van der Waals surface area contributed by atoms with Crippen molar-refractivity contribution in [1.82, 2.24) is 4.98 Å². The lowest BCUT2D eigenvalue weighted by molar-refractivity contribution is 1.49. The Morgan fingerprint density at radius 3 is 2.32 bits per heavy atom. The number of benzene rings is 3. The minimum absolute atomic E-state index is 0.0983. The molecule has 0 saturated carbocycles. The lowest BCUT2D eigenvalue weighted by Gasteiger charge is -2.05. The Labute approximate surface area is 109 Å². The van der Waals surface area contributed by atoms with Gasteiger partial charge in [0.2, 0.25) is 0 Å². The molecule has 0 radical (unpaired) electrons. The number of hydrogen-bond acceptors (Lipinski definition) is 1. The van der Waals surface area contributed by atoms with Crippen molar-refractivity contribution < 1.29 is 0 Å². The Kier molecular flexibility index (Phi) is 2.00. The Balaban J connectivity index is 2.37. The zero-order valence-electron chi connectivity index (χ0n) is 10.2. The van der Waals surface area contributed by atoms with Crippen molar-refractivity contribution in [3.8, 4) is 0 Å². The minimum atomic E-state index is 0.0983. The first kappa shape index (κ1) is 10.3. The minimum Gasteiger partial charge on any atom is -0.354 e. The lowest BCUT2D eigenvalue weighted by Crippen LogP contribution is -2.04. The summed E-state index contributed by atoms with van der Waals surface area (Å²) in [6.07, 6.45) is 0. The Morgan fingerprint density at radius 2 is 1.42 bits per heavy atom. The summed E-state index contributed by atoms with van der Waals surface area (Å²) < 4.78 is 0. The smallest absolute Gasteiger partial charge is 0.197 e. The Morgan fingerprint density at radius 1 is 0.684 bits per heavy atom. The third-order valence-electron chi connectivity index (χ3n) is 3.60. The van der Waals surface area contributed by atoms with Crippen LogP contribution in [-0.4, -0.2) is 4.98 Å². The molecule has 0 aliphatic rings. The van der Waals surface area contributed by atoms with E-state index in [4.69, 9.17) is 0 Å². The first-order chi connectivity index (χ1) is 9.34. The first-order valence-electron chi connectivity index (χ1n) is 6.27. The van der Waals surface area contributed by atoms with Crippen LogP contribution in [0.1, 0.15) is 0 Å². The van der Waals surface area contributed by atoms with Crippen LogP contribution >= 0.6 is 0 Å². The van der Waals surface area contributed by atoms with Gasteiger partial charge in [0.1, 0.15) is 0 Å². The van der Waals surface area contributed by atoms with E-state index >= 15 is 0 Å². The van der Waals surface area contributed by atoms with Gasteiger partial charge >= 0.3 is 0 Å². The summed E-state index contributed by atoms with van der Waals surface area (Å²) in [5, 5.41) is 3.62. The van der Waals surface area contributed by atoms with Crippen LogP contribution < -0.4 is 5.43 Å². The van der Waals surface area contributed by atoms with E-state index < -0.39 is 0 Å². The maximum absolute atomic E-state index is 12.7. The summed E-state index contributed by atoms with van der Waals surface area (Å²) >= 11 is 0. The Bertz CT molecular complexity index is 982. The molecule has 2 nitrogen and oxygen atoms in total. The van der Waals surface area contributed by atoms with Crippen molar-refractivity contribution in [2.24, 2.45) is 0 Å². The van der Waals surface area contributed by atoms with Gasteiger partial charge in [-0.1, -0.05) is 42.5 Å². The number of pyridine rings is 1. The van der Waals surface area contributed by atoms with E-state index in [1.807, 2.05) is 60.7 Å². The molecule has 0 amide bonds. The standard InChI is InChI=1S/C17H11NO/c19-17-13-7-3-4-8-14(13)18-15-10-9-11-5-1-2-6-12(11)16(15)17/h1-10H,(H,18,19). The highest BCUT2D eigenvalue weighted by atomic mass is 16.1. The predicted molar refractivity (Wildman–Crippen MR) is 79.6 cm³/mol. The normalized spacial score (nSPS) is 11.4. The summed E-state index contributed by atoms with van der Waals surface area (Å²) in [5.74, 6) is 0. The second-order valence-electron chi connectivity index (χ2n) is 4.71. The molecule has 4 rings (SSSR count). The molecular formula is C17H11NO. The van der Waals surface area contributed by atoms with E-state index in [0.717, 1.165) is 32.6 Å². The fourth-order valence-corrected chi connectivity index (χ4v) is 2.69. The van der Waals surface area contributed by atoms with Gasteiger partial charge in [-0.15, -0.1) is 0 Å². The average molecular weight is 245 g/mol. The summed E-state index contributed by atoms with van der Waals surface area (Å²) in [6.45, 7) is 0. The average Bonchev–Trinajstić information content (AvgIpc) is 2.47. The number of hydrogen-bond donors (Lipinski definition) is 1. The van der Waals surface area contributed by atoms with Gasteiger partial charge in [-0.3, -0.25) is 4.79 Å². The van der Waals surface area contributed by atoms with Crippen molar-refractivity contribution in [2.45, 2.75) is 0 Å². The van der Waals surface area contributed by atoms with Crippen molar-refractivity contribution >= 4 is 32.6 Å². The topological polar surface area (TPSA) is 32.9 Å². The molecule has 2 heteroatoms. The Hall–Kier alpha value is -2.61. The van der Waals surface area contributed by atoms with Gasteiger partial charge in [0.15, 0.2) is 5.43 Å². The van der Waals surface area contributed by atoms with Gasteiger partial charge in [0.05, 0.1) is 10.9 Å². The van der Waals surface area contributed by atoms with E-state index in [1.54, 1.807) is 0 Å². The van der Waals surface area contributed by atoms with Gasteiger partial charge < -0.3 is 4.98 Å². The van der Waals surface area contributed by atoms with Crippen LogP contribution in [0, 0.1) is 0 Å². The molecule has 0 bridgehead atoms. The maximum atomic E-state index is 12.7. The number of H-pyrrole nitrogens is 1. The highest BCUT2D eigenvalue weighted by Gasteiger charge is 2.07. The zero-order valence-corrected chi connectivity index (χ0v) is 10.2. The monoisotopic (exact) mass is 245 g/mol. The van der Waals surface area contributed by atoms with Crippen LogP contribution in [0.2, 0.25) is 0 Å². The van der Waals surface area contributed by atoms with Crippen molar-refractivity contribution in [3.63, 3.8) is 0 Å².